The van der Waals surface area contributed by atoms with E-state index in [1.165, 1.54) is 78.5 Å². The van der Waals surface area contributed by atoms with E-state index in [2.05, 4.69) is 194 Å². The van der Waals surface area contributed by atoms with E-state index in [0.717, 1.165) is 0 Å². The first-order chi connectivity index (χ1) is 23.6. The van der Waals surface area contributed by atoms with Gasteiger partial charge in [0.15, 0.2) is 0 Å². The SMILES string of the molecule is CCC[Si](C)(c1cc2c(-c3cc(C(C)(C)C)cc(C(C)(C)C)c3)cccc2[cH-]1)c1cc2c(-c3cc(C(C)(C)C)cc(C(C)(C)C)c3)cccc2[cH-]1.[CH3-].[CH3-].[Hf+4]. The summed E-state index contributed by atoms with van der Waals surface area (Å²) in [7, 11) is -2.08. The maximum Gasteiger partial charge on any atom is 4.00 e. The molecule has 6 aromatic rings. The Morgan fingerprint density at radius 2 is 0.796 bits per heavy atom. The molecule has 0 saturated carbocycles. The summed E-state index contributed by atoms with van der Waals surface area (Å²) in [5, 5.41) is 8.60. The van der Waals surface area contributed by atoms with Crippen LogP contribution >= 0.6 is 0 Å². The Kier molecular flexibility index (Phi) is 13.5. The molecule has 6 rings (SSSR count). The standard InChI is InChI=1S/C50H62Si.2CH3.Hf/c1-15-22-51(14,41-27-33-18-16-20-43(45(33)31-41)35-23-37(47(2,3)4)29-38(24-35)48(5,6)7)42-28-34-19-17-21-44(46(34)32-42)36-25-39(49(8,9)10)30-40(26-36)50(11,12)13;;;/h16-21,23-32H,15,22H2,1-14H3;2*1H3;/q-2;2*-1;+4. The van der Waals surface area contributed by atoms with E-state index in [1.54, 1.807) is 10.4 Å². The first-order valence-electron chi connectivity index (χ1n) is 19.3. The fraction of sp³-hybridized carbons (Fsp3) is 0.385. The summed E-state index contributed by atoms with van der Waals surface area (Å²) in [6, 6.07) is 40.0. The van der Waals surface area contributed by atoms with Crippen LogP contribution < -0.4 is 10.4 Å². The molecular formula is C52H68HfSi. The van der Waals surface area contributed by atoms with Gasteiger partial charge in [-0.1, -0.05) is 169 Å². The van der Waals surface area contributed by atoms with Crippen LogP contribution in [0.4, 0.5) is 0 Å². The monoisotopic (exact) mass is 900 g/mol. The third-order valence-corrected chi connectivity index (χ3v) is 16.1. The van der Waals surface area contributed by atoms with Gasteiger partial charge in [0.25, 0.3) is 0 Å². The van der Waals surface area contributed by atoms with Crippen molar-refractivity contribution in [3.05, 3.63) is 134 Å². The first kappa shape index (κ1) is 45.6. The summed E-state index contributed by atoms with van der Waals surface area (Å²) >= 11 is 0. The predicted octanol–water partition coefficient (Wildman–Crippen LogP) is 14.5. The van der Waals surface area contributed by atoms with E-state index in [1.807, 2.05) is 0 Å². The molecule has 54 heavy (non-hydrogen) atoms. The molecule has 0 aliphatic heterocycles. The second-order valence-electron chi connectivity index (χ2n) is 19.8. The molecule has 0 heterocycles. The number of benzene rings is 4. The van der Waals surface area contributed by atoms with Gasteiger partial charge in [0.2, 0.25) is 0 Å². The van der Waals surface area contributed by atoms with Crippen LogP contribution in [0.2, 0.25) is 12.6 Å². The van der Waals surface area contributed by atoms with Gasteiger partial charge >= 0.3 is 25.8 Å². The van der Waals surface area contributed by atoms with E-state index >= 15 is 0 Å². The molecule has 0 aliphatic carbocycles. The molecule has 0 fully saturated rings. The van der Waals surface area contributed by atoms with Crippen LogP contribution in [0.1, 0.15) is 119 Å². The van der Waals surface area contributed by atoms with Crippen molar-refractivity contribution in [1.82, 2.24) is 0 Å². The molecule has 0 saturated heterocycles. The smallest absolute Gasteiger partial charge is 0.358 e. The minimum absolute atomic E-state index is 0. The minimum atomic E-state index is -2.08. The third-order valence-electron chi connectivity index (χ3n) is 11.5. The molecule has 6 aromatic carbocycles. The third kappa shape index (κ3) is 8.91. The molecule has 0 unspecified atom stereocenters. The molecule has 2 heteroatoms. The van der Waals surface area contributed by atoms with Crippen LogP contribution in [0.5, 0.6) is 0 Å². The zero-order valence-electron chi connectivity index (χ0n) is 36.7. The Morgan fingerprint density at radius 3 is 1.07 bits per heavy atom. The molecule has 0 amide bonds. The van der Waals surface area contributed by atoms with Gasteiger partial charge in [-0.3, -0.25) is 0 Å². The van der Waals surface area contributed by atoms with Crippen LogP contribution in [-0.2, 0) is 47.5 Å². The van der Waals surface area contributed by atoms with Gasteiger partial charge in [-0.05, 0) is 55.0 Å². The number of rotatable bonds is 6. The van der Waals surface area contributed by atoms with Crippen molar-refractivity contribution < 1.29 is 25.8 Å². The van der Waals surface area contributed by atoms with Crippen molar-refractivity contribution in [3.8, 4) is 22.3 Å². The summed E-state index contributed by atoms with van der Waals surface area (Å²) in [5.41, 5.74) is 11.3. The second kappa shape index (κ2) is 16.0. The van der Waals surface area contributed by atoms with Crippen molar-refractivity contribution in [2.75, 3.05) is 0 Å². The van der Waals surface area contributed by atoms with Gasteiger partial charge in [0.05, 0.1) is 8.07 Å². The maximum absolute atomic E-state index is 2.62. The summed E-state index contributed by atoms with van der Waals surface area (Å²) in [6.07, 6.45) is 1.18. The Morgan fingerprint density at radius 1 is 0.481 bits per heavy atom. The fourth-order valence-corrected chi connectivity index (χ4v) is 11.6. The van der Waals surface area contributed by atoms with Crippen molar-refractivity contribution >= 4 is 40.0 Å². The van der Waals surface area contributed by atoms with Crippen molar-refractivity contribution in [1.29, 1.82) is 0 Å². The van der Waals surface area contributed by atoms with E-state index in [4.69, 9.17) is 0 Å². The molecule has 0 aliphatic rings. The van der Waals surface area contributed by atoms with Crippen LogP contribution in [0, 0.1) is 14.9 Å². The number of hydrogen-bond acceptors (Lipinski definition) is 0. The van der Waals surface area contributed by atoms with E-state index in [0.29, 0.717) is 0 Å². The van der Waals surface area contributed by atoms with Crippen LogP contribution in [0.25, 0.3) is 43.8 Å². The Bertz CT molecular complexity index is 1990. The predicted molar refractivity (Wildman–Crippen MR) is 244 cm³/mol. The molecule has 284 valence electrons. The van der Waals surface area contributed by atoms with Crippen molar-refractivity contribution in [2.24, 2.45) is 0 Å². The average molecular weight is 900 g/mol. The average Bonchev–Trinajstić information content (AvgIpc) is 3.68. The summed E-state index contributed by atoms with van der Waals surface area (Å²) < 4.78 is 0. The fourth-order valence-electron chi connectivity index (χ4n) is 7.86. The Balaban J connectivity index is 0.00000261. The largest absolute Gasteiger partial charge is 4.00 e. The molecule has 0 bridgehead atoms. The van der Waals surface area contributed by atoms with Gasteiger partial charge in [-0.2, -0.15) is 12.1 Å². The Labute approximate surface area is 350 Å². The first-order valence-corrected chi connectivity index (χ1v) is 22.0. The number of fused-ring (bicyclic) bond motifs is 2. The summed E-state index contributed by atoms with van der Waals surface area (Å²) in [4.78, 5) is 0. The summed E-state index contributed by atoms with van der Waals surface area (Å²) in [6.45, 7) is 33.0. The van der Waals surface area contributed by atoms with Gasteiger partial charge < -0.3 is 14.9 Å². The minimum Gasteiger partial charge on any atom is -0.358 e. The summed E-state index contributed by atoms with van der Waals surface area (Å²) in [5.74, 6) is 0. The van der Waals surface area contributed by atoms with Gasteiger partial charge in [0, 0.05) is 0 Å². The van der Waals surface area contributed by atoms with Crippen LogP contribution in [-0.4, -0.2) is 8.07 Å². The molecule has 0 nitrogen and oxygen atoms in total. The Hall–Kier alpha value is -2.81. The van der Waals surface area contributed by atoms with E-state index < -0.39 is 8.07 Å². The topological polar surface area (TPSA) is 0 Å². The van der Waals surface area contributed by atoms with Crippen LogP contribution in [0.3, 0.4) is 0 Å². The van der Waals surface area contributed by atoms with Crippen molar-refractivity contribution in [2.45, 2.75) is 131 Å². The zero-order chi connectivity index (χ0) is 37.3. The zero-order valence-corrected chi connectivity index (χ0v) is 41.2. The van der Waals surface area contributed by atoms with Gasteiger partial charge in [0.1, 0.15) is 0 Å². The normalized spacial score (nSPS) is 12.7. The molecule has 0 aromatic heterocycles. The van der Waals surface area contributed by atoms with E-state index in [-0.39, 0.29) is 62.4 Å². The number of hydrogen-bond donors (Lipinski definition) is 0. The molecule has 0 spiro atoms. The van der Waals surface area contributed by atoms with Gasteiger partial charge in [-0.15, -0.1) is 68.3 Å². The molecule has 0 N–H and O–H groups in total. The van der Waals surface area contributed by atoms with Gasteiger partial charge in [-0.25, -0.2) is 0 Å². The second-order valence-corrected chi connectivity index (χ2v) is 24.1. The quantitative estimate of drug-likeness (QED) is 0.115. The molecular weight excluding hydrogens is 831 g/mol. The van der Waals surface area contributed by atoms with E-state index in [9.17, 15) is 0 Å². The molecule has 0 atom stereocenters. The van der Waals surface area contributed by atoms with Crippen LogP contribution in [0.15, 0.2) is 97.1 Å². The molecule has 0 radical (unpaired) electrons. The maximum atomic E-state index is 2.62. The van der Waals surface area contributed by atoms with Crippen molar-refractivity contribution in [3.63, 3.8) is 0 Å².